The van der Waals surface area contributed by atoms with Crippen molar-refractivity contribution in [3.63, 3.8) is 0 Å². The molecule has 46 valence electrons. The Hall–Kier alpha value is -1.04. The minimum atomic E-state index is 0.733. The number of rotatable bonds is 0. The third-order valence-electron chi connectivity index (χ3n) is 3.01. The van der Waals surface area contributed by atoms with Gasteiger partial charge in [-0.3, -0.25) is 0 Å². The van der Waals surface area contributed by atoms with Crippen LogP contribution in [0.4, 0.5) is 0 Å². The van der Waals surface area contributed by atoms with Gasteiger partial charge < -0.3 is 0 Å². The lowest BCUT2D eigenvalue weighted by atomic mass is 9.83. The first-order chi connectivity index (χ1) is 4.93. The molecule has 0 N–H and O–H groups in total. The highest BCUT2D eigenvalue weighted by molar-refractivity contribution is 5.81. The first-order valence-electron chi connectivity index (χ1n) is 3.82. The molecule has 0 amide bonds. The second-order valence-electron chi connectivity index (χ2n) is 3.47. The molecular weight excluding hydrogens is 120 g/mol. The van der Waals surface area contributed by atoms with Crippen LogP contribution >= 0.6 is 0 Å². The Bertz CT molecular complexity index is 386. The van der Waals surface area contributed by atoms with Crippen LogP contribution in [0.25, 0.3) is 0 Å². The number of hydrogen-bond donors (Lipinski definition) is 0. The Morgan fingerprint density at radius 1 is 1.20 bits per heavy atom. The van der Waals surface area contributed by atoms with Gasteiger partial charge in [-0.15, -0.1) is 0 Å². The molecule has 0 heteroatoms. The lowest BCUT2D eigenvalue weighted by Gasteiger charge is -2.20. The maximum atomic E-state index is 2.42. The molecule has 0 radical (unpaired) electrons. The summed E-state index contributed by atoms with van der Waals surface area (Å²) in [5.74, 6) is 0.733. The van der Waals surface area contributed by atoms with Gasteiger partial charge in [-0.1, -0.05) is 18.2 Å². The van der Waals surface area contributed by atoms with Gasteiger partial charge in [0.05, 0.1) is 0 Å². The van der Waals surface area contributed by atoms with Crippen LogP contribution in [0.15, 0.2) is 46.1 Å². The highest BCUT2D eigenvalue weighted by atomic mass is 14.5. The first kappa shape index (κ1) is 3.97. The molecule has 1 atom stereocenters. The Morgan fingerprint density at radius 2 is 2.20 bits per heavy atom. The van der Waals surface area contributed by atoms with E-state index in [0.717, 1.165) is 5.92 Å². The number of hydrogen-bond acceptors (Lipinski definition) is 0. The largest absolute Gasteiger partial charge is 0.0690 e. The first-order valence-corrected chi connectivity index (χ1v) is 3.82. The summed E-state index contributed by atoms with van der Waals surface area (Å²) >= 11 is 0. The van der Waals surface area contributed by atoms with Crippen molar-refractivity contribution in [2.75, 3.05) is 0 Å². The van der Waals surface area contributed by atoms with Gasteiger partial charge in [0.1, 0.15) is 0 Å². The smallest absolute Gasteiger partial charge is 0.0225 e. The van der Waals surface area contributed by atoms with E-state index >= 15 is 0 Å². The second kappa shape index (κ2) is 0.878. The SMILES string of the molecule is C1=C2C=C3CC4=CC1C2=C34. The molecular formula is C10H6. The molecule has 0 aromatic rings. The summed E-state index contributed by atoms with van der Waals surface area (Å²) in [6, 6.07) is 0. The van der Waals surface area contributed by atoms with E-state index in [2.05, 4.69) is 18.2 Å². The molecule has 0 bridgehead atoms. The highest BCUT2D eigenvalue weighted by Crippen LogP contribution is 2.59. The van der Waals surface area contributed by atoms with Crippen LogP contribution in [0.1, 0.15) is 6.42 Å². The van der Waals surface area contributed by atoms with Crippen LogP contribution in [-0.4, -0.2) is 0 Å². The Labute approximate surface area is 59.2 Å². The van der Waals surface area contributed by atoms with E-state index in [-0.39, 0.29) is 0 Å². The van der Waals surface area contributed by atoms with Crippen molar-refractivity contribution in [1.82, 2.24) is 0 Å². The summed E-state index contributed by atoms with van der Waals surface area (Å²) < 4.78 is 0. The molecule has 1 unspecified atom stereocenters. The average molecular weight is 126 g/mol. The molecule has 0 saturated heterocycles. The molecule has 1 saturated carbocycles. The summed E-state index contributed by atoms with van der Waals surface area (Å²) in [5.41, 5.74) is 8.03. The summed E-state index contributed by atoms with van der Waals surface area (Å²) in [6.07, 6.45) is 8.41. The van der Waals surface area contributed by atoms with Crippen LogP contribution in [0.5, 0.6) is 0 Å². The second-order valence-corrected chi connectivity index (χ2v) is 3.47. The van der Waals surface area contributed by atoms with Gasteiger partial charge in [0.15, 0.2) is 0 Å². The van der Waals surface area contributed by atoms with Crippen molar-refractivity contribution < 1.29 is 0 Å². The van der Waals surface area contributed by atoms with E-state index in [4.69, 9.17) is 0 Å². The van der Waals surface area contributed by atoms with E-state index in [1.165, 1.54) is 12.0 Å². The Morgan fingerprint density at radius 3 is 3.10 bits per heavy atom. The highest BCUT2D eigenvalue weighted by Gasteiger charge is 2.43. The fourth-order valence-corrected chi connectivity index (χ4v) is 2.53. The van der Waals surface area contributed by atoms with E-state index in [9.17, 15) is 0 Å². The summed E-state index contributed by atoms with van der Waals surface area (Å²) in [7, 11) is 0. The molecule has 4 aliphatic carbocycles. The zero-order valence-corrected chi connectivity index (χ0v) is 5.52. The Kier molecular flexibility index (Phi) is 0.348. The summed E-state index contributed by atoms with van der Waals surface area (Å²) in [5, 5.41) is 0. The van der Waals surface area contributed by atoms with Crippen molar-refractivity contribution >= 4 is 0 Å². The van der Waals surface area contributed by atoms with Crippen LogP contribution in [0.2, 0.25) is 0 Å². The minimum absolute atomic E-state index is 0.733. The molecule has 0 aliphatic heterocycles. The molecule has 10 heavy (non-hydrogen) atoms. The van der Waals surface area contributed by atoms with Crippen LogP contribution in [0, 0.1) is 5.92 Å². The van der Waals surface area contributed by atoms with Gasteiger partial charge in [-0.05, 0) is 34.3 Å². The molecule has 4 aliphatic rings. The summed E-state index contributed by atoms with van der Waals surface area (Å²) in [4.78, 5) is 0. The molecule has 1 fully saturated rings. The Balaban J connectivity index is 2.29. The van der Waals surface area contributed by atoms with Crippen LogP contribution in [0.3, 0.4) is 0 Å². The lowest BCUT2D eigenvalue weighted by Crippen LogP contribution is -2.06. The predicted octanol–water partition coefficient (Wildman–Crippen LogP) is 2.12. The molecule has 0 nitrogen and oxygen atoms in total. The molecule has 0 aromatic heterocycles. The minimum Gasteiger partial charge on any atom is -0.0690 e. The van der Waals surface area contributed by atoms with Crippen molar-refractivity contribution in [2.24, 2.45) is 5.92 Å². The topological polar surface area (TPSA) is 0 Å². The third-order valence-corrected chi connectivity index (χ3v) is 3.01. The van der Waals surface area contributed by atoms with Crippen LogP contribution in [-0.2, 0) is 0 Å². The molecule has 0 heterocycles. The van der Waals surface area contributed by atoms with E-state index in [0.29, 0.717) is 0 Å². The average Bonchev–Trinajstić information content (AvgIpc) is 2.07. The molecule has 0 spiro atoms. The predicted molar refractivity (Wildman–Crippen MR) is 39.4 cm³/mol. The lowest BCUT2D eigenvalue weighted by molar-refractivity contribution is 0.929. The van der Waals surface area contributed by atoms with Gasteiger partial charge >= 0.3 is 0 Å². The van der Waals surface area contributed by atoms with Gasteiger partial charge in [0, 0.05) is 5.92 Å². The summed E-state index contributed by atoms with van der Waals surface area (Å²) in [6.45, 7) is 0. The fourth-order valence-electron chi connectivity index (χ4n) is 2.53. The van der Waals surface area contributed by atoms with Crippen molar-refractivity contribution in [1.29, 1.82) is 0 Å². The van der Waals surface area contributed by atoms with Crippen LogP contribution < -0.4 is 0 Å². The maximum absolute atomic E-state index is 2.42. The molecule has 4 rings (SSSR count). The quantitative estimate of drug-likeness (QED) is 0.466. The molecule has 0 aromatic carbocycles. The zero-order chi connectivity index (χ0) is 6.29. The van der Waals surface area contributed by atoms with Crippen molar-refractivity contribution in [3.05, 3.63) is 46.1 Å². The number of allylic oxidation sites excluding steroid dienone is 8. The zero-order valence-electron chi connectivity index (χ0n) is 5.52. The van der Waals surface area contributed by atoms with Crippen molar-refractivity contribution in [3.8, 4) is 0 Å². The standard InChI is InChI=1S/C10H6/c1-5-3-7-2-8-4-6(1)9(5)10(7)8/h1,3-5H,2H2. The van der Waals surface area contributed by atoms with Gasteiger partial charge in [0.2, 0.25) is 0 Å². The van der Waals surface area contributed by atoms with Gasteiger partial charge in [-0.25, -0.2) is 0 Å². The third kappa shape index (κ3) is 0.202. The van der Waals surface area contributed by atoms with Crippen molar-refractivity contribution in [2.45, 2.75) is 6.42 Å². The fraction of sp³-hybridized carbons (Fsp3) is 0.200. The van der Waals surface area contributed by atoms with E-state index in [1.54, 1.807) is 22.3 Å². The monoisotopic (exact) mass is 126 g/mol. The maximum Gasteiger partial charge on any atom is 0.0225 e. The van der Waals surface area contributed by atoms with E-state index < -0.39 is 0 Å². The van der Waals surface area contributed by atoms with Gasteiger partial charge in [0.25, 0.3) is 0 Å². The van der Waals surface area contributed by atoms with E-state index in [1.807, 2.05) is 0 Å². The normalized spacial score (nSPS) is 36.0. The van der Waals surface area contributed by atoms with Gasteiger partial charge in [-0.2, -0.15) is 0 Å².